The molecule has 1 amide bonds. The zero-order chi connectivity index (χ0) is 14.3. The molecule has 0 aromatic heterocycles. The van der Waals surface area contributed by atoms with E-state index in [1.165, 1.54) is 25.6 Å². The highest BCUT2D eigenvalue weighted by Gasteiger charge is 2.17. The van der Waals surface area contributed by atoms with Crippen molar-refractivity contribution in [2.75, 3.05) is 12.4 Å². The summed E-state index contributed by atoms with van der Waals surface area (Å²) in [5.41, 5.74) is 0.830. The van der Waals surface area contributed by atoms with Crippen molar-refractivity contribution in [2.45, 2.75) is 25.3 Å². The lowest BCUT2D eigenvalue weighted by Crippen LogP contribution is -2.27. The Balaban J connectivity index is 0.000000550. The van der Waals surface area contributed by atoms with E-state index in [1.54, 1.807) is 6.07 Å². The molecule has 0 radical (unpaired) electrons. The molecular weight excluding hydrogens is 251 g/mol. The van der Waals surface area contributed by atoms with Gasteiger partial charge in [-0.2, -0.15) is 9.59 Å². The highest BCUT2D eigenvalue weighted by Crippen LogP contribution is 2.24. The lowest BCUT2D eigenvalue weighted by atomic mass is 9.93. The fourth-order valence-corrected chi connectivity index (χ4v) is 1.71. The first-order chi connectivity index (χ1) is 9.12. The van der Waals surface area contributed by atoms with Gasteiger partial charge in [0, 0.05) is 18.8 Å². The van der Waals surface area contributed by atoms with Crippen molar-refractivity contribution < 1.29 is 18.8 Å². The molecule has 1 aromatic carbocycles. The highest BCUT2D eigenvalue weighted by atomic mass is 19.1. The molecule has 0 heterocycles. The van der Waals surface area contributed by atoms with Crippen molar-refractivity contribution in [1.29, 1.82) is 0 Å². The quantitative estimate of drug-likeness (QED) is 0.870. The summed E-state index contributed by atoms with van der Waals surface area (Å²) < 4.78 is 13.6. The van der Waals surface area contributed by atoms with Gasteiger partial charge in [0.1, 0.15) is 5.82 Å². The molecule has 0 unspecified atom stereocenters. The van der Waals surface area contributed by atoms with Crippen molar-refractivity contribution in [2.24, 2.45) is 0 Å². The van der Waals surface area contributed by atoms with E-state index in [4.69, 9.17) is 9.59 Å². The standard InChI is InChI=1S/C12H15FN2O.CO2/c1-14-12(16)10-6-5-9(7-11(10)13)15-8-3-2-4-8;2-1-3/h5-8,15H,2-4H2,1H3,(H,14,16);. The molecule has 6 heteroatoms. The number of carbonyl (C=O) groups excluding carboxylic acids is 3. The highest BCUT2D eigenvalue weighted by molar-refractivity contribution is 5.94. The van der Waals surface area contributed by atoms with Crippen LogP contribution in [-0.2, 0) is 9.59 Å². The summed E-state index contributed by atoms with van der Waals surface area (Å²) in [6, 6.07) is 5.09. The third kappa shape index (κ3) is 4.19. The van der Waals surface area contributed by atoms with Gasteiger partial charge in [-0.3, -0.25) is 4.79 Å². The zero-order valence-electron chi connectivity index (χ0n) is 10.5. The van der Waals surface area contributed by atoms with Crippen LogP contribution in [0.1, 0.15) is 29.6 Å². The minimum Gasteiger partial charge on any atom is -0.382 e. The Bertz CT molecular complexity index is 481. The molecule has 2 rings (SSSR count). The van der Waals surface area contributed by atoms with Crippen molar-refractivity contribution in [1.82, 2.24) is 5.32 Å². The van der Waals surface area contributed by atoms with Crippen molar-refractivity contribution >= 4 is 17.7 Å². The van der Waals surface area contributed by atoms with E-state index in [9.17, 15) is 9.18 Å². The van der Waals surface area contributed by atoms with Crippen LogP contribution >= 0.6 is 0 Å². The fraction of sp³-hybridized carbons (Fsp3) is 0.385. The predicted octanol–water partition coefficient (Wildman–Crippen LogP) is 1.57. The van der Waals surface area contributed by atoms with Gasteiger partial charge >= 0.3 is 6.15 Å². The number of hydrogen-bond donors (Lipinski definition) is 2. The van der Waals surface area contributed by atoms with Crippen LogP contribution in [-0.4, -0.2) is 25.1 Å². The summed E-state index contributed by atoms with van der Waals surface area (Å²) >= 11 is 0. The number of halogens is 1. The molecule has 1 fully saturated rings. The molecular formula is C13H15FN2O3. The Hall–Kier alpha value is -2.20. The minimum absolute atomic E-state index is 0.0849. The largest absolute Gasteiger partial charge is 0.382 e. The van der Waals surface area contributed by atoms with E-state index in [1.807, 2.05) is 0 Å². The maximum atomic E-state index is 13.6. The second-order valence-electron chi connectivity index (χ2n) is 4.13. The third-order valence-electron chi connectivity index (χ3n) is 2.92. The van der Waals surface area contributed by atoms with Gasteiger partial charge in [0.05, 0.1) is 5.56 Å². The molecule has 1 aromatic rings. The number of benzene rings is 1. The van der Waals surface area contributed by atoms with Gasteiger partial charge < -0.3 is 10.6 Å². The van der Waals surface area contributed by atoms with Gasteiger partial charge in [-0.1, -0.05) is 0 Å². The number of anilines is 1. The molecule has 0 bridgehead atoms. The Morgan fingerprint density at radius 3 is 2.42 bits per heavy atom. The van der Waals surface area contributed by atoms with E-state index < -0.39 is 11.7 Å². The molecule has 0 saturated heterocycles. The third-order valence-corrected chi connectivity index (χ3v) is 2.92. The molecule has 5 nitrogen and oxygen atoms in total. The number of hydrogen-bond acceptors (Lipinski definition) is 4. The smallest absolute Gasteiger partial charge is 0.373 e. The Kier molecular flexibility index (Phi) is 5.70. The molecule has 1 aliphatic rings. The SMILES string of the molecule is CNC(=O)c1ccc(NC2CCC2)cc1F.O=C=O. The van der Waals surface area contributed by atoms with E-state index in [2.05, 4.69) is 10.6 Å². The Morgan fingerprint density at radius 2 is 2.00 bits per heavy atom. The lowest BCUT2D eigenvalue weighted by Gasteiger charge is -2.27. The summed E-state index contributed by atoms with van der Waals surface area (Å²) in [5.74, 6) is -0.878. The number of nitrogens with one attached hydrogen (secondary N) is 2. The Morgan fingerprint density at radius 1 is 1.37 bits per heavy atom. The first kappa shape index (κ1) is 14.9. The maximum Gasteiger partial charge on any atom is 0.373 e. The first-order valence-electron chi connectivity index (χ1n) is 5.89. The topological polar surface area (TPSA) is 75.3 Å². The van der Waals surface area contributed by atoms with Crippen LogP contribution in [0.3, 0.4) is 0 Å². The molecule has 19 heavy (non-hydrogen) atoms. The van der Waals surface area contributed by atoms with Gasteiger partial charge in [-0.25, -0.2) is 4.39 Å². The molecule has 102 valence electrons. The van der Waals surface area contributed by atoms with Crippen LogP contribution < -0.4 is 10.6 Å². The molecule has 2 N–H and O–H groups in total. The van der Waals surface area contributed by atoms with E-state index >= 15 is 0 Å². The van der Waals surface area contributed by atoms with Crippen LogP contribution in [0.4, 0.5) is 10.1 Å². The van der Waals surface area contributed by atoms with Crippen LogP contribution in [0.15, 0.2) is 18.2 Å². The van der Waals surface area contributed by atoms with E-state index in [-0.39, 0.29) is 11.7 Å². The summed E-state index contributed by atoms with van der Waals surface area (Å²) in [5, 5.41) is 5.64. The fourth-order valence-electron chi connectivity index (χ4n) is 1.71. The van der Waals surface area contributed by atoms with Crippen LogP contribution in [0, 0.1) is 5.82 Å². The monoisotopic (exact) mass is 266 g/mol. The number of amides is 1. The summed E-state index contributed by atoms with van der Waals surface area (Å²) in [4.78, 5) is 27.5. The second-order valence-corrected chi connectivity index (χ2v) is 4.13. The van der Waals surface area contributed by atoms with Crippen LogP contribution in [0.25, 0.3) is 0 Å². The lowest BCUT2D eigenvalue weighted by molar-refractivity contribution is -0.191. The zero-order valence-corrected chi connectivity index (χ0v) is 10.5. The van der Waals surface area contributed by atoms with E-state index in [0.717, 1.165) is 18.5 Å². The number of rotatable bonds is 3. The van der Waals surface area contributed by atoms with Crippen LogP contribution in [0.2, 0.25) is 0 Å². The summed E-state index contributed by atoms with van der Waals surface area (Å²) in [7, 11) is 1.49. The van der Waals surface area contributed by atoms with Gasteiger partial charge in [-0.05, 0) is 37.5 Å². The summed E-state index contributed by atoms with van der Waals surface area (Å²) in [6.07, 6.45) is 3.76. The van der Waals surface area contributed by atoms with Gasteiger partial charge in [0.15, 0.2) is 0 Å². The van der Waals surface area contributed by atoms with Crippen LogP contribution in [0.5, 0.6) is 0 Å². The van der Waals surface area contributed by atoms with Crippen molar-refractivity contribution in [3.8, 4) is 0 Å². The Labute approximate surface area is 110 Å². The molecule has 0 atom stereocenters. The first-order valence-corrected chi connectivity index (χ1v) is 5.89. The number of carbonyl (C=O) groups is 1. The van der Waals surface area contributed by atoms with Crippen molar-refractivity contribution in [3.05, 3.63) is 29.6 Å². The minimum atomic E-state index is -0.483. The predicted molar refractivity (Wildman–Crippen MR) is 66.1 cm³/mol. The average Bonchev–Trinajstić information content (AvgIpc) is 2.34. The second kappa shape index (κ2) is 7.28. The molecule has 1 aliphatic carbocycles. The maximum absolute atomic E-state index is 13.6. The molecule has 0 aliphatic heterocycles. The molecule has 0 spiro atoms. The normalized spacial score (nSPS) is 13.4. The average molecular weight is 266 g/mol. The van der Waals surface area contributed by atoms with Gasteiger partial charge in [0.2, 0.25) is 0 Å². The van der Waals surface area contributed by atoms with E-state index in [0.29, 0.717) is 6.04 Å². The summed E-state index contributed by atoms with van der Waals surface area (Å²) in [6.45, 7) is 0. The van der Waals surface area contributed by atoms with Gasteiger partial charge in [-0.15, -0.1) is 0 Å². The van der Waals surface area contributed by atoms with Crippen molar-refractivity contribution in [3.63, 3.8) is 0 Å². The van der Waals surface area contributed by atoms with Gasteiger partial charge in [0.25, 0.3) is 5.91 Å². The molecule has 1 saturated carbocycles.